The van der Waals surface area contributed by atoms with E-state index in [4.69, 9.17) is 14.2 Å². The first kappa shape index (κ1) is 20.8. The Bertz CT molecular complexity index is 799. The van der Waals surface area contributed by atoms with Gasteiger partial charge >= 0.3 is 0 Å². The monoisotopic (exact) mass is 398 g/mol. The molecule has 1 fully saturated rings. The lowest BCUT2D eigenvalue weighted by molar-refractivity contribution is 0.0679. The lowest BCUT2D eigenvalue weighted by atomic mass is 10.1. The van der Waals surface area contributed by atoms with Crippen molar-refractivity contribution in [2.75, 3.05) is 38.8 Å². The fourth-order valence-electron chi connectivity index (χ4n) is 2.94. The van der Waals surface area contributed by atoms with Gasteiger partial charge in [0.1, 0.15) is 12.4 Å². The van der Waals surface area contributed by atoms with Crippen molar-refractivity contribution >= 4 is 17.5 Å². The first-order chi connectivity index (χ1) is 14.2. The van der Waals surface area contributed by atoms with Crippen LogP contribution in [0.5, 0.6) is 5.75 Å². The molecule has 7 heteroatoms. The van der Waals surface area contributed by atoms with E-state index >= 15 is 0 Å². The number of benzene rings is 2. The molecule has 3 rings (SSSR count). The van der Waals surface area contributed by atoms with E-state index in [-0.39, 0.29) is 17.9 Å². The van der Waals surface area contributed by atoms with Crippen molar-refractivity contribution in [3.8, 4) is 5.75 Å². The summed E-state index contributed by atoms with van der Waals surface area (Å²) in [5.41, 5.74) is 1.66. The van der Waals surface area contributed by atoms with Crippen molar-refractivity contribution in [1.29, 1.82) is 0 Å². The molecule has 1 heterocycles. The maximum Gasteiger partial charge on any atom is 0.255 e. The maximum absolute atomic E-state index is 12.4. The molecule has 1 atom stereocenters. The third-order valence-electron chi connectivity index (χ3n) is 4.57. The molecule has 1 unspecified atom stereocenters. The highest BCUT2D eigenvalue weighted by Gasteiger charge is 2.16. The minimum Gasteiger partial charge on any atom is -0.491 e. The van der Waals surface area contributed by atoms with Crippen molar-refractivity contribution in [3.05, 3.63) is 59.7 Å². The second-order valence-electron chi connectivity index (χ2n) is 6.75. The van der Waals surface area contributed by atoms with Gasteiger partial charge in [0, 0.05) is 37.1 Å². The van der Waals surface area contributed by atoms with Crippen LogP contribution < -0.4 is 15.4 Å². The Morgan fingerprint density at radius 1 is 1.03 bits per heavy atom. The third-order valence-corrected chi connectivity index (χ3v) is 4.57. The standard InChI is InChI=1S/C22H26N2O5/c1-27-14-12-23-21(25)16-4-8-18(9-5-16)24-22(26)17-6-10-19(11-7-17)29-15-20-3-2-13-28-20/h4-11,20H,2-3,12-15H2,1H3,(H,23,25)(H,24,26). The quantitative estimate of drug-likeness (QED) is 0.635. The van der Waals surface area contributed by atoms with Crippen LogP contribution in [0, 0.1) is 0 Å². The van der Waals surface area contributed by atoms with Crippen molar-refractivity contribution in [1.82, 2.24) is 5.32 Å². The number of ether oxygens (including phenoxy) is 3. The van der Waals surface area contributed by atoms with E-state index in [1.807, 2.05) is 0 Å². The summed E-state index contributed by atoms with van der Waals surface area (Å²) in [6.07, 6.45) is 2.25. The second kappa shape index (κ2) is 10.6. The van der Waals surface area contributed by atoms with Gasteiger partial charge in [-0.1, -0.05) is 0 Å². The normalized spacial score (nSPS) is 15.7. The number of carbonyl (C=O) groups excluding carboxylic acids is 2. The highest BCUT2D eigenvalue weighted by Crippen LogP contribution is 2.18. The van der Waals surface area contributed by atoms with Gasteiger partial charge in [0.25, 0.3) is 11.8 Å². The van der Waals surface area contributed by atoms with Crippen LogP contribution >= 0.6 is 0 Å². The number of nitrogens with one attached hydrogen (secondary N) is 2. The predicted octanol–water partition coefficient (Wildman–Crippen LogP) is 2.87. The lowest BCUT2D eigenvalue weighted by Gasteiger charge is -2.12. The molecule has 7 nitrogen and oxygen atoms in total. The average Bonchev–Trinajstić information content (AvgIpc) is 3.27. The van der Waals surface area contributed by atoms with Crippen molar-refractivity contribution in [3.63, 3.8) is 0 Å². The Labute approximate surface area is 170 Å². The highest BCUT2D eigenvalue weighted by atomic mass is 16.5. The Morgan fingerprint density at radius 3 is 2.38 bits per heavy atom. The smallest absolute Gasteiger partial charge is 0.255 e. The van der Waals surface area contributed by atoms with Crippen LogP contribution in [-0.4, -0.2) is 51.4 Å². The van der Waals surface area contributed by atoms with Gasteiger partial charge in [-0.25, -0.2) is 0 Å². The van der Waals surface area contributed by atoms with Crippen LogP contribution in [-0.2, 0) is 9.47 Å². The first-order valence-electron chi connectivity index (χ1n) is 9.69. The minimum atomic E-state index is -0.229. The Morgan fingerprint density at radius 2 is 1.72 bits per heavy atom. The summed E-state index contributed by atoms with van der Waals surface area (Å²) in [7, 11) is 1.58. The molecule has 2 aromatic carbocycles. The fourth-order valence-corrected chi connectivity index (χ4v) is 2.94. The van der Waals surface area contributed by atoms with Crippen LogP contribution in [0.25, 0.3) is 0 Å². The molecular formula is C22H26N2O5. The molecule has 0 saturated carbocycles. The van der Waals surface area contributed by atoms with E-state index in [9.17, 15) is 9.59 Å². The number of rotatable bonds is 9. The van der Waals surface area contributed by atoms with Gasteiger partial charge < -0.3 is 24.8 Å². The zero-order valence-electron chi connectivity index (χ0n) is 16.5. The number of carbonyl (C=O) groups is 2. The largest absolute Gasteiger partial charge is 0.491 e. The Kier molecular flexibility index (Phi) is 7.61. The molecular weight excluding hydrogens is 372 g/mol. The summed E-state index contributed by atoms with van der Waals surface area (Å²) in [6, 6.07) is 13.7. The second-order valence-corrected chi connectivity index (χ2v) is 6.75. The maximum atomic E-state index is 12.4. The first-order valence-corrected chi connectivity index (χ1v) is 9.69. The Hall–Kier alpha value is -2.90. The minimum absolute atomic E-state index is 0.156. The van der Waals surface area contributed by atoms with Crippen molar-refractivity contribution < 1.29 is 23.8 Å². The molecule has 0 aliphatic carbocycles. The Balaban J connectivity index is 1.49. The molecule has 0 bridgehead atoms. The zero-order valence-corrected chi connectivity index (χ0v) is 16.5. The van der Waals surface area contributed by atoms with Gasteiger partial charge in [0.05, 0.1) is 12.7 Å². The number of hydrogen-bond acceptors (Lipinski definition) is 5. The van der Waals surface area contributed by atoms with E-state index in [0.29, 0.717) is 42.3 Å². The van der Waals surface area contributed by atoms with Gasteiger partial charge in [-0.15, -0.1) is 0 Å². The summed E-state index contributed by atoms with van der Waals surface area (Å²) in [4.78, 5) is 24.4. The number of methoxy groups -OCH3 is 1. The lowest BCUT2D eigenvalue weighted by Crippen LogP contribution is -2.26. The summed E-state index contributed by atoms with van der Waals surface area (Å²) in [5, 5.41) is 5.57. The fraction of sp³-hybridized carbons (Fsp3) is 0.364. The van der Waals surface area contributed by atoms with E-state index in [0.717, 1.165) is 19.4 Å². The molecule has 0 aromatic heterocycles. The summed E-state index contributed by atoms with van der Waals surface area (Å²) in [6.45, 7) is 2.23. The van der Waals surface area contributed by atoms with Crippen LogP contribution in [0.3, 0.4) is 0 Å². The topological polar surface area (TPSA) is 85.9 Å². The van der Waals surface area contributed by atoms with Gasteiger partial charge in [-0.05, 0) is 61.4 Å². The highest BCUT2D eigenvalue weighted by molar-refractivity contribution is 6.04. The molecule has 2 amide bonds. The molecule has 0 spiro atoms. The van der Waals surface area contributed by atoms with Gasteiger partial charge in [0.2, 0.25) is 0 Å². The molecule has 1 saturated heterocycles. The molecule has 2 aromatic rings. The van der Waals surface area contributed by atoms with Crippen LogP contribution in [0.15, 0.2) is 48.5 Å². The molecule has 1 aliphatic heterocycles. The van der Waals surface area contributed by atoms with Gasteiger partial charge in [-0.3, -0.25) is 9.59 Å². The van der Waals surface area contributed by atoms with Crippen LogP contribution in [0.4, 0.5) is 5.69 Å². The average molecular weight is 398 g/mol. The predicted molar refractivity (Wildman–Crippen MR) is 110 cm³/mol. The third kappa shape index (κ3) is 6.30. The molecule has 29 heavy (non-hydrogen) atoms. The van der Waals surface area contributed by atoms with Gasteiger partial charge in [-0.2, -0.15) is 0 Å². The number of anilines is 1. The van der Waals surface area contributed by atoms with Crippen LogP contribution in [0.1, 0.15) is 33.6 Å². The van der Waals surface area contributed by atoms with E-state index in [1.165, 1.54) is 0 Å². The van der Waals surface area contributed by atoms with Gasteiger partial charge in [0.15, 0.2) is 0 Å². The van der Waals surface area contributed by atoms with E-state index in [2.05, 4.69) is 10.6 Å². The van der Waals surface area contributed by atoms with Crippen molar-refractivity contribution in [2.45, 2.75) is 18.9 Å². The molecule has 0 radical (unpaired) electrons. The zero-order chi connectivity index (χ0) is 20.5. The van der Waals surface area contributed by atoms with E-state index < -0.39 is 0 Å². The molecule has 2 N–H and O–H groups in total. The van der Waals surface area contributed by atoms with Crippen molar-refractivity contribution in [2.24, 2.45) is 0 Å². The summed E-state index contributed by atoms with van der Waals surface area (Å²) in [5.74, 6) is 0.298. The number of amides is 2. The SMILES string of the molecule is COCCNC(=O)c1ccc(NC(=O)c2ccc(OCC3CCCO3)cc2)cc1. The van der Waals surface area contributed by atoms with Crippen LogP contribution in [0.2, 0.25) is 0 Å². The summed E-state index contributed by atoms with van der Waals surface area (Å²) < 4.78 is 16.1. The van der Waals surface area contributed by atoms with E-state index in [1.54, 1.807) is 55.6 Å². The molecule has 1 aliphatic rings. The molecule has 154 valence electrons. The summed E-state index contributed by atoms with van der Waals surface area (Å²) >= 11 is 0. The number of hydrogen-bond donors (Lipinski definition) is 2.